The molecule has 1 aromatic carbocycles. The van der Waals surface area contributed by atoms with Crippen molar-refractivity contribution in [1.82, 2.24) is 14.5 Å². The average molecular weight is 457 g/mol. The summed E-state index contributed by atoms with van der Waals surface area (Å²) >= 11 is 7.50. The summed E-state index contributed by atoms with van der Waals surface area (Å²) in [6, 6.07) is 7.81. The zero-order chi connectivity index (χ0) is 21.5. The van der Waals surface area contributed by atoms with Crippen LogP contribution in [0.25, 0.3) is 10.2 Å². The van der Waals surface area contributed by atoms with E-state index in [-0.39, 0.29) is 11.5 Å². The van der Waals surface area contributed by atoms with Crippen LogP contribution in [0.3, 0.4) is 0 Å². The predicted molar refractivity (Wildman–Crippen MR) is 126 cm³/mol. The van der Waals surface area contributed by atoms with Gasteiger partial charge in [0.05, 0.1) is 10.3 Å². The van der Waals surface area contributed by atoms with Crippen LogP contribution < -0.4 is 10.5 Å². The Morgan fingerprint density at radius 3 is 2.68 bits per heavy atom. The number of aryl methyl sites for hydroxylation is 2. The third-order valence-electron chi connectivity index (χ3n) is 6.35. The van der Waals surface area contributed by atoms with Gasteiger partial charge in [-0.2, -0.15) is 0 Å². The second kappa shape index (κ2) is 8.28. The molecule has 1 saturated heterocycles. The number of carbonyl (C=O) groups excluding carboxylic acids is 1. The minimum absolute atomic E-state index is 0.00541. The smallest absolute Gasteiger partial charge is 0.264 e. The molecular weight excluding hydrogens is 432 g/mol. The van der Waals surface area contributed by atoms with Crippen molar-refractivity contribution in [3.05, 3.63) is 55.9 Å². The molecule has 31 heavy (non-hydrogen) atoms. The highest BCUT2D eigenvalue weighted by atomic mass is 35.5. The summed E-state index contributed by atoms with van der Waals surface area (Å²) in [6.07, 6.45) is 4.02. The molecule has 4 heterocycles. The fraction of sp³-hybridized carbons (Fsp3) is 0.435. The van der Waals surface area contributed by atoms with E-state index >= 15 is 0 Å². The highest BCUT2D eigenvalue weighted by Gasteiger charge is 2.27. The van der Waals surface area contributed by atoms with E-state index in [4.69, 9.17) is 16.6 Å². The molecule has 2 aliphatic heterocycles. The lowest BCUT2D eigenvalue weighted by atomic mass is 10.1. The second-order valence-corrected chi connectivity index (χ2v) is 9.73. The quantitative estimate of drug-likeness (QED) is 0.582. The molecule has 5 rings (SSSR count). The van der Waals surface area contributed by atoms with Gasteiger partial charge in [0.15, 0.2) is 0 Å². The summed E-state index contributed by atoms with van der Waals surface area (Å²) in [7, 11) is 0. The lowest BCUT2D eigenvalue weighted by Crippen LogP contribution is -2.48. The van der Waals surface area contributed by atoms with Crippen LogP contribution >= 0.6 is 22.9 Å². The van der Waals surface area contributed by atoms with Crippen LogP contribution in [0.15, 0.2) is 29.1 Å². The number of halogens is 1. The normalized spacial score (nSPS) is 17.0. The lowest BCUT2D eigenvalue weighted by molar-refractivity contribution is 0.0751. The minimum atomic E-state index is 0.00541. The van der Waals surface area contributed by atoms with Gasteiger partial charge in [-0.3, -0.25) is 14.2 Å². The summed E-state index contributed by atoms with van der Waals surface area (Å²) in [5.41, 5.74) is 1.87. The molecule has 3 aromatic rings. The highest BCUT2D eigenvalue weighted by molar-refractivity contribution is 7.20. The third kappa shape index (κ3) is 3.74. The molecule has 8 heteroatoms. The molecule has 0 atom stereocenters. The van der Waals surface area contributed by atoms with Crippen molar-refractivity contribution in [3.8, 4) is 0 Å². The molecule has 6 nitrogen and oxygen atoms in total. The van der Waals surface area contributed by atoms with Crippen LogP contribution in [-0.4, -0.2) is 46.5 Å². The Morgan fingerprint density at radius 1 is 1.10 bits per heavy atom. The number of anilines is 1. The molecule has 0 bridgehead atoms. The molecule has 0 N–H and O–H groups in total. The average Bonchev–Trinajstić information content (AvgIpc) is 2.94. The van der Waals surface area contributed by atoms with Crippen LogP contribution in [0.4, 0.5) is 5.69 Å². The number of fused-ring (bicyclic) bond motifs is 2. The van der Waals surface area contributed by atoms with Gasteiger partial charge in [0.25, 0.3) is 11.5 Å². The molecule has 0 radical (unpaired) electrons. The fourth-order valence-corrected chi connectivity index (χ4v) is 5.94. The van der Waals surface area contributed by atoms with Gasteiger partial charge in [-0.05, 0) is 43.5 Å². The Morgan fingerprint density at radius 2 is 1.90 bits per heavy atom. The van der Waals surface area contributed by atoms with Crippen molar-refractivity contribution in [1.29, 1.82) is 0 Å². The van der Waals surface area contributed by atoms with E-state index < -0.39 is 0 Å². The van der Waals surface area contributed by atoms with Crippen molar-refractivity contribution >= 4 is 44.7 Å². The number of nitrogens with zero attached hydrogens (tertiary/aromatic N) is 4. The largest absolute Gasteiger partial charge is 0.368 e. The minimum Gasteiger partial charge on any atom is -0.368 e. The summed E-state index contributed by atoms with van der Waals surface area (Å²) in [6.45, 7) is 5.41. The monoisotopic (exact) mass is 456 g/mol. The zero-order valence-electron chi connectivity index (χ0n) is 17.6. The summed E-state index contributed by atoms with van der Waals surface area (Å²) < 4.78 is 1.83. The molecular formula is C23H25ClN4O2S. The number of benzene rings is 1. The summed E-state index contributed by atoms with van der Waals surface area (Å²) in [5, 5.41) is 1.34. The van der Waals surface area contributed by atoms with Crippen molar-refractivity contribution in [2.45, 2.75) is 39.2 Å². The van der Waals surface area contributed by atoms with Crippen molar-refractivity contribution in [2.24, 2.45) is 0 Å². The van der Waals surface area contributed by atoms with E-state index in [1.165, 1.54) is 11.3 Å². The summed E-state index contributed by atoms with van der Waals surface area (Å²) in [4.78, 5) is 36.8. The predicted octanol–water partition coefficient (Wildman–Crippen LogP) is 4.11. The zero-order valence-corrected chi connectivity index (χ0v) is 19.1. The van der Waals surface area contributed by atoms with Crippen LogP contribution in [0.2, 0.25) is 5.02 Å². The number of rotatable bonds is 2. The number of hydrogen-bond donors (Lipinski definition) is 0. The number of thiophene rings is 1. The van der Waals surface area contributed by atoms with E-state index in [1.807, 2.05) is 40.7 Å². The molecule has 2 aliphatic rings. The van der Waals surface area contributed by atoms with Crippen LogP contribution in [0.5, 0.6) is 0 Å². The molecule has 1 amide bonds. The van der Waals surface area contributed by atoms with Gasteiger partial charge in [0, 0.05) is 49.9 Å². The van der Waals surface area contributed by atoms with Crippen LogP contribution in [0, 0.1) is 6.92 Å². The number of aromatic nitrogens is 2. The van der Waals surface area contributed by atoms with Gasteiger partial charge in [-0.15, -0.1) is 11.3 Å². The van der Waals surface area contributed by atoms with Gasteiger partial charge in [0.2, 0.25) is 0 Å². The first-order chi connectivity index (χ1) is 15.0. The third-order valence-corrected chi connectivity index (χ3v) is 7.75. The standard InChI is InChI=1S/C23H25ClN4O2S/c1-15-19-21(25-18-8-3-2-4-9-28(18)22(19)29)31-20(15)23(30)27-12-10-26(11-13-27)17-7-5-6-16(24)14-17/h5-7,14H,2-4,8-13H2,1H3. The van der Waals surface area contributed by atoms with E-state index in [0.29, 0.717) is 33.2 Å². The Kier molecular flexibility index (Phi) is 5.48. The molecule has 0 saturated carbocycles. The van der Waals surface area contributed by atoms with Gasteiger partial charge in [0.1, 0.15) is 10.7 Å². The number of hydrogen-bond acceptors (Lipinski definition) is 5. The maximum Gasteiger partial charge on any atom is 0.264 e. The molecule has 2 aromatic heterocycles. The van der Waals surface area contributed by atoms with E-state index in [1.54, 1.807) is 0 Å². The second-order valence-electron chi connectivity index (χ2n) is 8.29. The Balaban J connectivity index is 1.40. The van der Waals surface area contributed by atoms with Gasteiger partial charge >= 0.3 is 0 Å². The molecule has 0 unspecified atom stereocenters. The first-order valence-electron chi connectivity index (χ1n) is 10.9. The lowest BCUT2D eigenvalue weighted by Gasteiger charge is -2.36. The first-order valence-corrected chi connectivity index (χ1v) is 12.0. The first kappa shape index (κ1) is 20.5. The molecule has 0 spiro atoms. The van der Waals surface area contributed by atoms with Crippen molar-refractivity contribution < 1.29 is 4.79 Å². The summed E-state index contributed by atoms with van der Waals surface area (Å²) in [5.74, 6) is 0.872. The van der Waals surface area contributed by atoms with Crippen molar-refractivity contribution in [2.75, 3.05) is 31.1 Å². The van der Waals surface area contributed by atoms with E-state index in [9.17, 15) is 9.59 Å². The van der Waals surface area contributed by atoms with Gasteiger partial charge < -0.3 is 9.80 Å². The van der Waals surface area contributed by atoms with Crippen LogP contribution in [-0.2, 0) is 13.0 Å². The number of carbonyl (C=O) groups is 1. The topological polar surface area (TPSA) is 58.4 Å². The van der Waals surface area contributed by atoms with E-state index in [2.05, 4.69) is 4.90 Å². The van der Waals surface area contributed by atoms with E-state index in [0.717, 1.165) is 62.4 Å². The SMILES string of the molecule is Cc1c(C(=O)N2CCN(c3cccc(Cl)c3)CC2)sc2nc3n(c(=O)c12)CCCCC3. The fourth-order valence-electron chi connectivity index (χ4n) is 4.60. The molecule has 0 aliphatic carbocycles. The van der Waals surface area contributed by atoms with Crippen molar-refractivity contribution in [3.63, 3.8) is 0 Å². The number of amides is 1. The Bertz CT molecular complexity index is 1210. The molecule has 1 fully saturated rings. The maximum absolute atomic E-state index is 13.3. The van der Waals surface area contributed by atoms with Gasteiger partial charge in [-0.1, -0.05) is 24.1 Å². The number of piperazine rings is 1. The Labute approximate surface area is 190 Å². The molecule has 162 valence electrons. The highest BCUT2D eigenvalue weighted by Crippen LogP contribution is 2.30. The van der Waals surface area contributed by atoms with Crippen LogP contribution in [0.1, 0.15) is 40.3 Å². The Hall–Kier alpha value is -2.38. The van der Waals surface area contributed by atoms with Gasteiger partial charge in [-0.25, -0.2) is 4.98 Å². The maximum atomic E-state index is 13.3.